The number of aliphatic hydroxyl groups is 1. The van der Waals surface area contributed by atoms with Crippen LogP contribution in [0.25, 0.3) is 0 Å². The van der Waals surface area contributed by atoms with Crippen molar-refractivity contribution in [3.05, 3.63) is 23.5 Å². The molecule has 0 radical (unpaired) electrons. The Morgan fingerprint density at radius 1 is 1.17 bits per heavy atom. The summed E-state index contributed by atoms with van der Waals surface area (Å²) in [5.41, 5.74) is -0.712. The summed E-state index contributed by atoms with van der Waals surface area (Å²) in [6, 6.07) is -0.372. The highest BCUT2D eigenvalue weighted by Crippen LogP contribution is 2.39. The number of carbonyl (C=O) groups is 2. The van der Waals surface area contributed by atoms with Crippen LogP contribution in [-0.2, 0) is 23.8 Å². The summed E-state index contributed by atoms with van der Waals surface area (Å²) in [7, 11) is 4.47. The predicted molar refractivity (Wildman–Crippen MR) is 109 cm³/mol. The molecule has 7 nitrogen and oxygen atoms in total. The number of methoxy groups -OCH3 is 3. The van der Waals surface area contributed by atoms with Gasteiger partial charge in [-0.3, -0.25) is 4.79 Å². The summed E-state index contributed by atoms with van der Waals surface area (Å²) in [4.78, 5) is 28.1. The molecule has 1 N–H and O–H groups in total. The molecule has 1 atom stereocenters. The topological polar surface area (TPSA) is 85.3 Å². The first-order valence-electron chi connectivity index (χ1n) is 10.3. The third-order valence-corrected chi connectivity index (χ3v) is 6.20. The molecular formula is C22H35NO6. The average Bonchev–Trinajstić information content (AvgIpc) is 2.70. The normalized spacial score (nSPS) is 27.2. The summed E-state index contributed by atoms with van der Waals surface area (Å²) >= 11 is 0. The molecule has 0 aliphatic heterocycles. The minimum atomic E-state index is -0.971. The van der Waals surface area contributed by atoms with Gasteiger partial charge in [0.25, 0.3) is 0 Å². The molecule has 1 amide bonds. The number of rotatable bonds is 8. The highest BCUT2D eigenvalue weighted by molar-refractivity contribution is 5.93. The highest BCUT2D eigenvalue weighted by Gasteiger charge is 2.48. The van der Waals surface area contributed by atoms with Crippen LogP contribution in [0.5, 0.6) is 0 Å². The van der Waals surface area contributed by atoms with Crippen molar-refractivity contribution in [2.24, 2.45) is 11.8 Å². The zero-order chi connectivity index (χ0) is 21.6. The predicted octanol–water partition coefficient (Wildman–Crippen LogP) is 3.01. The van der Waals surface area contributed by atoms with E-state index in [0.29, 0.717) is 12.3 Å². The molecule has 1 unspecified atom stereocenters. The van der Waals surface area contributed by atoms with Crippen molar-refractivity contribution in [2.45, 2.75) is 57.5 Å². The van der Waals surface area contributed by atoms with Crippen LogP contribution in [0, 0.1) is 11.8 Å². The molecule has 164 valence electrons. The second kappa shape index (κ2) is 10.3. The largest absolute Gasteiger partial charge is 0.508 e. The number of amides is 1. The third kappa shape index (κ3) is 5.20. The van der Waals surface area contributed by atoms with E-state index >= 15 is 0 Å². The van der Waals surface area contributed by atoms with Gasteiger partial charge in [-0.2, -0.15) is 0 Å². The number of carbonyl (C=O) groups excluding carboxylic acids is 2. The molecule has 0 heterocycles. The van der Waals surface area contributed by atoms with Crippen LogP contribution in [0.1, 0.15) is 46.0 Å². The fourth-order valence-electron chi connectivity index (χ4n) is 4.50. The first-order valence-corrected chi connectivity index (χ1v) is 10.3. The smallest absolute Gasteiger partial charge is 0.336 e. The van der Waals surface area contributed by atoms with Gasteiger partial charge in [-0.15, -0.1) is 0 Å². The minimum Gasteiger partial charge on any atom is -0.508 e. The SMILES string of the molecule is COCC(COC)N(C(=O)C1CCC(C)CC1)C1(C)CC=C(O)C=C1C(=O)OC. The van der Waals surface area contributed by atoms with Crippen molar-refractivity contribution >= 4 is 11.9 Å². The van der Waals surface area contributed by atoms with Crippen LogP contribution in [0.15, 0.2) is 23.5 Å². The summed E-state index contributed by atoms with van der Waals surface area (Å²) in [5.74, 6) is -0.0368. The van der Waals surface area contributed by atoms with E-state index in [1.165, 1.54) is 13.2 Å². The lowest BCUT2D eigenvalue weighted by Gasteiger charge is -2.48. The van der Waals surface area contributed by atoms with Crippen molar-refractivity contribution < 1.29 is 28.9 Å². The Bertz CT molecular complexity index is 644. The van der Waals surface area contributed by atoms with Crippen LogP contribution in [-0.4, -0.2) is 68.0 Å². The molecule has 29 heavy (non-hydrogen) atoms. The molecule has 0 aromatic heterocycles. The fourth-order valence-corrected chi connectivity index (χ4v) is 4.50. The molecule has 0 bridgehead atoms. The van der Waals surface area contributed by atoms with Gasteiger partial charge in [0.05, 0.1) is 37.5 Å². The highest BCUT2D eigenvalue weighted by atomic mass is 16.5. The van der Waals surface area contributed by atoms with E-state index in [2.05, 4.69) is 6.92 Å². The number of ether oxygens (including phenoxy) is 3. The first kappa shape index (κ1) is 23.4. The van der Waals surface area contributed by atoms with E-state index in [4.69, 9.17) is 14.2 Å². The maximum atomic E-state index is 13.8. The molecule has 0 aromatic carbocycles. The molecule has 0 aromatic rings. The lowest BCUT2D eigenvalue weighted by atomic mass is 9.78. The van der Waals surface area contributed by atoms with E-state index in [1.807, 2.05) is 6.92 Å². The molecule has 2 aliphatic rings. The minimum absolute atomic E-state index is 0.00286. The number of hydrogen-bond donors (Lipinski definition) is 1. The fraction of sp³-hybridized carbons (Fsp3) is 0.727. The molecule has 1 saturated carbocycles. The van der Waals surface area contributed by atoms with Crippen LogP contribution in [0.2, 0.25) is 0 Å². The van der Waals surface area contributed by atoms with Crippen molar-refractivity contribution in [3.63, 3.8) is 0 Å². The zero-order valence-electron chi connectivity index (χ0n) is 18.3. The van der Waals surface area contributed by atoms with Crippen molar-refractivity contribution in [3.8, 4) is 0 Å². The third-order valence-electron chi connectivity index (χ3n) is 6.20. The van der Waals surface area contributed by atoms with E-state index < -0.39 is 11.5 Å². The lowest BCUT2D eigenvalue weighted by molar-refractivity contribution is -0.150. The van der Waals surface area contributed by atoms with Gasteiger partial charge < -0.3 is 24.2 Å². The Labute approximate surface area is 173 Å². The summed E-state index contributed by atoms with van der Waals surface area (Å²) in [5, 5.41) is 10.0. The molecule has 7 heteroatoms. The lowest BCUT2D eigenvalue weighted by Crippen LogP contribution is -2.61. The van der Waals surface area contributed by atoms with Crippen LogP contribution >= 0.6 is 0 Å². The number of nitrogens with zero attached hydrogens (tertiary/aromatic N) is 1. The maximum absolute atomic E-state index is 13.8. The Morgan fingerprint density at radius 2 is 1.76 bits per heavy atom. The number of aliphatic hydroxyl groups excluding tert-OH is 1. The maximum Gasteiger partial charge on any atom is 0.336 e. The summed E-state index contributed by atoms with van der Waals surface area (Å²) in [6.07, 6.45) is 7.02. The van der Waals surface area contributed by atoms with Gasteiger partial charge in [-0.05, 0) is 57.1 Å². The second-order valence-corrected chi connectivity index (χ2v) is 8.39. The van der Waals surface area contributed by atoms with E-state index in [9.17, 15) is 14.7 Å². The van der Waals surface area contributed by atoms with Gasteiger partial charge in [-0.1, -0.05) is 6.92 Å². The molecule has 2 aliphatic carbocycles. The first-order chi connectivity index (χ1) is 13.8. The monoisotopic (exact) mass is 409 g/mol. The van der Waals surface area contributed by atoms with Crippen molar-refractivity contribution in [2.75, 3.05) is 34.5 Å². The number of esters is 1. The van der Waals surface area contributed by atoms with E-state index in [1.54, 1.807) is 25.2 Å². The van der Waals surface area contributed by atoms with Crippen LogP contribution in [0.3, 0.4) is 0 Å². The van der Waals surface area contributed by atoms with E-state index in [0.717, 1.165) is 25.7 Å². The average molecular weight is 410 g/mol. The Hall–Kier alpha value is -1.86. The summed E-state index contributed by atoms with van der Waals surface area (Å²) < 4.78 is 15.8. The van der Waals surface area contributed by atoms with Gasteiger partial charge in [0, 0.05) is 20.1 Å². The molecule has 0 spiro atoms. The van der Waals surface area contributed by atoms with Gasteiger partial charge in [0.2, 0.25) is 5.91 Å². The molecule has 1 fully saturated rings. The van der Waals surface area contributed by atoms with Crippen LogP contribution < -0.4 is 0 Å². The van der Waals surface area contributed by atoms with Crippen molar-refractivity contribution in [1.29, 1.82) is 0 Å². The van der Waals surface area contributed by atoms with Gasteiger partial charge in [-0.25, -0.2) is 4.79 Å². The van der Waals surface area contributed by atoms with Crippen LogP contribution in [0.4, 0.5) is 0 Å². The van der Waals surface area contributed by atoms with Crippen molar-refractivity contribution in [1.82, 2.24) is 4.90 Å². The van der Waals surface area contributed by atoms with Gasteiger partial charge in [0.1, 0.15) is 5.76 Å². The van der Waals surface area contributed by atoms with Gasteiger partial charge in [0.15, 0.2) is 0 Å². The number of hydrogen-bond acceptors (Lipinski definition) is 6. The van der Waals surface area contributed by atoms with Gasteiger partial charge >= 0.3 is 5.97 Å². The second-order valence-electron chi connectivity index (χ2n) is 8.39. The standard InChI is InChI=1S/C22H35NO6/c1-15-6-8-16(9-7-15)20(25)23(17(13-27-3)14-28-4)22(2)11-10-18(24)12-19(22)21(26)29-5/h10,12,15-17,24H,6-9,11,13-14H2,1-5H3. The molecular weight excluding hydrogens is 374 g/mol. The quantitative estimate of drug-likeness (QED) is 0.621. The molecule has 0 saturated heterocycles. The summed E-state index contributed by atoms with van der Waals surface area (Å²) in [6.45, 7) is 4.62. The van der Waals surface area contributed by atoms with E-state index in [-0.39, 0.29) is 42.4 Å². The Morgan fingerprint density at radius 3 is 2.28 bits per heavy atom. The Kier molecular flexibility index (Phi) is 8.28. The zero-order valence-corrected chi connectivity index (χ0v) is 18.3. The number of allylic oxidation sites excluding steroid dienone is 1. The molecule has 2 rings (SSSR count). The Balaban J connectivity index is 2.48.